The lowest BCUT2D eigenvalue weighted by Gasteiger charge is -2.32. The summed E-state index contributed by atoms with van der Waals surface area (Å²) in [6.45, 7) is 13.8. The van der Waals surface area contributed by atoms with E-state index in [-0.39, 0.29) is 0 Å². The summed E-state index contributed by atoms with van der Waals surface area (Å²) in [5.74, 6) is 0. The molecule has 67 heavy (non-hydrogen) atoms. The normalized spacial score (nSPS) is 11.7. The number of anilines is 3. The van der Waals surface area contributed by atoms with E-state index in [1.807, 2.05) is 0 Å². The Kier molecular flexibility index (Phi) is 9.59. The summed E-state index contributed by atoms with van der Waals surface area (Å²) in [6.07, 6.45) is 0. The summed E-state index contributed by atoms with van der Waals surface area (Å²) < 4.78 is 0. The van der Waals surface area contributed by atoms with Crippen molar-refractivity contribution in [3.05, 3.63) is 234 Å². The van der Waals surface area contributed by atoms with Crippen LogP contribution in [0.15, 0.2) is 200 Å². The van der Waals surface area contributed by atoms with Gasteiger partial charge in [0, 0.05) is 17.1 Å². The third-order valence-electron chi connectivity index (χ3n) is 14.5. The number of hydrogen-bond acceptors (Lipinski definition) is 1. The number of benzene rings is 12. The molecule has 12 rings (SSSR count). The van der Waals surface area contributed by atoms with Crippen LogP contribution >= 0.6 is 0 Å². The molecule has 0 aliphatic heterocycles. The Bertz CT molecular complexity index is 3580. The fourth-order valence-corrected chi connectivity index (χ4v) is 11.2. The maximum Gasteiger partial charge on any atom is 0.0494 e. The average Bonchev–Trinajstić information content (AvgIpc) is 3.36. The molecular weight excluding hydrogens is 807 g/mol. The van der Waals surface area contributed by atoms with Crippen molar-refractivity contribution in [3.8, 4) is 33.4 Å². The summed E-state index contributed by atoms with van der Waals surface area (Å²) in [5.41, 5.74) is 18.6. The molecular formula is C66H51N. The first kappa shape index (κ1) is 40.5. The van der Waals surface area contributed by atoms with Crippen molar-refractivity contribution in [2.24, 2.45) is 0 Å². The summed E-state index contributed by atoms with van der Waals surface area (Å²) in [6, 6.07) is 74.8. The van der Waals surface area contributed by atoms with Gasteiger partial charge in [0.25, 0.3) is 0 Å². The van der Waals surface area contributed by atoms with E-state index in [2.05, 4.69) is 247 Å². The summed E-state index contributed by atoms with van der Waals surface area (Å²) in [4.78, 5) is 2.56. The quantitative estimate of drug-likeness (QED) is 0.151. The number of fused-ring (bicyclic) bond motifs is 9. The second-order valence-electron chi connectivity index (χ2n) is 18.8. The van der Waals surface area contributed by atoms with Gasteiger partial charge < -0.3 is 4.90 Å². The Morgan fingerprint density at radius 3 is 0.731 bits per heavy atom. The second kappa shape index (κ2) is 15.9. The lowest BCUT2D eigenvalue weighted by molar-refractivity contribution is 1.19. The molecule has 1 heteroatoms. The standard InChI is InChI=1S/C66H51N/c1-40-34-64(43(4)31-58(40)61-37-46-19-7-10-22-49(46)52-25-13-16-28-55(52)61)67(65-35-41(2)59(32-44(65)5)62-38-47-20-8-11-23-50(47)53-26-14-17-29-56(53)62)66-36-42(3)60(33-45(66)6)63-39-48-21-9-12-24-51(48)54-27-15-18-30-57(54)63/h7-39H,1-6H3. The highest BCUT2D eigenvalue weighted by atomic mass is 15.1. The van der Waals surface area contributed by atoms with Crippen LogP contribution in [0.1, 0.15) is 33.4 Å². The first-order chi connectivity index (χ1) is 32.7. The van der Waals surface area contributed by atoms with Crippen molar-refractivity contribution >= 4 is 81.7 Å². The van der Waals surface area contributed by atoms with Gasteiger partial charge in [-0.15, -0.1) is 0 Å². The zero-order valence-corrected chi connectivity index (χ0v) is 39.0. The van der Waals surface area contributed by atoms with E-state index in [9.17, 15) is 0 Å². The van der Waals surface area contributed by atoms with Gasteiger partial charge in [-0.05, 0) is 228 Å². The van der Waals surface area contributed by atoms with Crippen LogP contribution in [0.2, 0.25) is 0 Å². The molecule has 0 spiro atoms. The van der Waals surface area contributed by atoms with Crippen molar-refractivity contribution < 1.29 is 0 Å². The highest BCUT2D eigenvalue weighted by Gasteiger charge is 2.24. The van der Waals surface area contributed by atoms with E-state index in [0.29, 0.717) is 0 Å². The van der Waals surface area contributed by atoms with Gasteiger partial charge in [0.15, 0.2) is 0 Å². The van der Waals surface area contributed by atoms with Gasteiger partial charge >= 0.3 is 0 Å². The van der Waals surface area contributed by atoms with Gasteiger partial charge in [0.05, 0.1) is 0 Å². The maximum absolute atomic E-state index is 2.56. The Labute approximate surface area is 393 Å². The topological polar surface area (TPSA) is 3.24 Å². The first-order valence-electron chi connectivity index (χ1n) is 23.6. The molecule has 0 unspecified atom stereocenters. The summed E-state index contributed by atoms with van der Waals surface area (Å²) in [7, 11) is 0. The Hall–Kier alpha value is -8.00. The van der Waals surface area contributed by atoms with Crippen molar-refractivity contribution in [2.75, 3.05) is 4.90 Å². The number of aryl methyl sites for hydroxylation is 6. The molecule has 320 valence electrons. The van der Waals surface area contributed by atoms with Crippen LogP contribution in [-0.4, -0.2) is 0 Å². The van der Waals surface area contributed by atoms with Gasteiger partial charge in [-0.3, -0.25) is 0 Å². The van der Waals surface area contributed by atoms with Gasteiger partial charge in [0.1, 0.15) is 0 Å². The van der Waals surface area contributed by atoms with Gasteiger partial charge in [-0.25, -0.2) is 0 Å². The molecule has 0 atom stereocenters. The van der Waals surface area contributed by atoms with Gasteiger partial charge in [-0.1, -0.05) is 146 Å². The zero-order chi connectivity index (χ0) is 45.5. The van der Waals surface area contributed by atoms with Crippen LogP contribution in [-0.2, 0) is 0 Å². The van der Waals surface area contributed by atoms with Crippen LogP contribution in [0.25, 0.3) is 98.0 Å². The molecule has 0 heterocycles. The highest BCUT2D eigenvalue weighted by molar-refractivity contribution is 6.16. The highest BCUT2D eigenvalue weighted by Crippen LogP contribution is 2.48. The molecule has 1 nitrogen and oxygen atoms in total. The Morgan fingerprint density at radius 1 is 0.209 bits per heavy atom. The fraction of sp³-hybridized carbons (Fsp3) is 0.0909. The predicted octanol–water partition coefficient (Wildman–Crippen LogP) is 18.9. The van der Waals surface area contributed by atoms with E-state index in [4.69, 9.17) is 0 Å². The third-order valence-corrected chi connectivity index (χ3v) is 14.5. The van der Waals surface area contributed by atoms with E-state index >= 15 is 0 Å². The molecule has 0 fully saturated rings. The van der Waals surface area contributed by atoms with Crippen LogP contribution in [0.5, 0.6) is 0 Å². The lowest BCUT2D eigenvalue weighted by atomic mass is 9.88. The maximum atomic E-state index is 2.56. The lowest BCUT2D eigenvalue weighted by Crippen LogP contribution is -2.15. The van der Waals surface area contributed by atoms with Crippen LogP contribution < -0.4 is 4.90 Å². The number of hydrogen-bond donors (Lipinski definition) is 0. The molecule has 0 aromatic heterocycles. The van der Waals surface area contributed by atoms with Crippen molar-refractivity contribution in [1.82, 2.24) is 0 Å². The zero-order valence-electron chi connectivity index (χ0n) is 39.0. The van der Waals surface area contributed by atoms with Crippen LogP contribution in [0, 0.1) is 41.5 Å². The van der Waals surface area contributed by atoms with E-state index < -0.39 is 0 Å². The largest absolute Gasteiger partial charge is 0.310 e. The molecule has 12 aromatic rings. The Morgan fingerprint density at radius 2 is 0.448 bits per heavy atom. The first-order valence-corrected chi connectivity index (χ1v) is 23.6. The molecule has 0 N–H and O–H groups in total. The van der Waals surface area contributed by atoms with Crippen molar-refractivity contribution in [3.63, 3.8) is 0 Å². The third kappa shape index (κ3) is 6.60. The Balaban J connectivity index is 1.08. The molecule has 0 amide bonds. The summed E-state index contributed by atoms with van der Waals surface area (Å²) in [5, 5.41) is 15.3. The monoisotopic (exact) mass is 857 g/mol. The van der Waals surface area contributed by atoms with E-state index in [0.717, 1.165) is 0 Å². The second-order valence-corrected chi connectivity index (χ2v) is 18.8. The molecule has 0 bridgehead atoms. The number of nitrogens with zero attached hydrogens (tertiary/aromatic N) is 1. The smallest absolute Gasteiger partial charge is 0.0494 e. The molecule has 0 saturated carbocycles. The van der Waals surface area contributed by atoms with Crippen molar-refractivity contribution in [1.29, 1.82) is 0 Å². The molecule has 0 radical (unpaired) electrons. The SMILES string of the molecule is Cc1cc(N(c2cc(C)c(-c3cc4ccccc4c4ccccc34)cc2C)c2cc(C)c(-c3cc4ccccc4c4ccccc34)cc2C)c(C)cc1-c1cc2ccccc2c2ccccc12. The molecule has 0 aliphatic carbocycles. The van der Waals surface area contributed by atoms with Crippen LogP contribution in [0.3, 0.4) is 0 Å². The molecule has 0 saturated heterocycles. The average molecular weight is 858 g/mol. The minimum atomic E-state index is 1.18. The summed E-state index contributed by atoms with van der Waals surface area (Å²) >= 11 is 0. The fourth-order valence-electron chi connectivity index (χ4n) is 11.2. The van der Waals surface area contributed by atoms with Gasteiger partial charge in [-0.2, -0.15) is 0 Å². The minimum Gasteiger partial charge on any atom is -0.310 e. The predicted molar refractivity (Wildman–Crippen MR) is 291 cm³/mol. The minimum absolute atomic E-state index is 1.18. The van der Waals surface area contributed by atoms with Crippen molar-refractivity contribution in [2.45, 2.75) is 41.5 Å². The molecule has 0 aliphatic rings. The molecule has 12 aromatic carbocycles. The van der Waals surface area contributed by atoms with Crippen LogP contribution in [0.4, 0.5) is 17.1 Å². The van der Waals surface area contributed by atoms with Gasteiger partial charge in [0.2, 0.25) is 0 Å². The number of rotatable bonds is 6. The van der Waals surface area contributed by atoms with E-state index in [1.165, 1.54) is 148 Å². The van der Waals surface area contributed by atoms with E-state index in [1.54, 1.807) is 0 Å².